The number of nitrogens with zero attached hydrogens (tertiary/aromatic N) is 4. The van der Waals surface area contributed by atoms with E-state index >= 15 is 0 Å². The van der Waals surface area contributed by atoms with Gasteiger partial charge in [0.1, 0.15) is 10.6 Å². The lowest BCUT2D eigenvalue weighted by Gasteiger charge is -2.37. The van der Waals surface area contributed by atoms with Crippen LogP contribution in [0.2, 0.25) is 0 Å². The predicted octanol–water partition coefficient (Wildman–Crippen LogP) is 6.30. The molecule has 2 amide bonds. The molecular weight excluding hydrogens is 508 g/mol. The summed E-state index contributed by atoms with van der Waals surface area (Å²) in [5.41, 5.74) is 2.95. The van der Waals surface area contributed by atoms with Crippen molar-refractivity contribution in [2.45, 2.75) is 39.5 Å². The number of rotatable bonds is 9. The quantitative estimate of drug-likeness (QED) is 0.258. The van der Waals surface area contributed by atoms with Gasteiger partial charge in [-0.05, 0) is 62.6 Å². The second-order valence-electron chi connectivity index (χ2n) is 9.59. The minimum atomic E-state index is -0.160. The van der Waals surface area contributed by atoms with E-state index in [9.17, 15) is 9.59 Å². The molecule has 0 atom stereocenters. The molecule has 3 aromatic heterocycles. The van der Waals surface area contributed by atoms with Crippen LogP contribution in [-0.2, 0) is 0 Å². The number of carbonyl (C=O) groups is 2. The van der Waals surface area contributed by atoms with Crippen molar-refractivity contribution in [3.63, 3.8) is 0 Å². The fourth-order valence-corrected chi connectivity index (χ4v) is 5.70. The molecule has 0 aliphatic carbocycles. The molecule has 1 saturated heterocycles. The van der Waals surface area contributed by atoms with Gasteiger partial charge in [-0.1, -0.05) is 31.5 Å². The minimum absolute atomic E-state index is 0.0217. The second-order valence-corrected chi connectivity index (χ2v) is 10.6. The Morgan fingerprint density at radius 1 is 1.03 bits per heavy atom. The lowest BCUT2D eigenvalue weighted by Crippen LogP contribution is -2.48. The van der Waals surface area contributed by atoms with E-state index in [-0.39, 0.29) is 11.8 Å². The highest BCUT2D eigenvalue weighted by Crippen LogP contribution is 2.27. The number of anilines is 2. The number of hydrogen-bond acceptors (Lipinski definition) is 7. The molecule has 1 aromatic carbocycles. The Labute approximate surface area is 233 Å². The van der Waals surface area contributed by atoms with Crippen LogP contribution in [0.5, 0.6) is 0 Å². The SMILES string of the molecule is CCCNc1nc(-c2ccc(NC(=O)c3cc4cccnc4s3)cc2)ccc1C(=O)N(CC)N1CCCCC1. The number of aromatic nitrogens is 2. The van der Waals surface area contributed by atoms with Crippen LogP contribution < -0.4 is 10.6 Å². The number of amides is 2. The number of piperidine rings is 1. The van der Waals surface area contributed by atoms with Crippen LogP contribution in [-0.4, -0.2) is 58.0 Å². The third-order valence-corrected chi connectivity index (χ3v) is 7.89. The Balaban J connectivity index is 1.34. The van der Waals surface area contributed by atoms with Crippen LogP contribution in [0.1, 0.15) is 59.6 Å². The first-order valence-corrected chi connectivity index (χ1v) is 14.5. The van der Waals surface area contributed by atoms with Crippen LogP contribution >= 0.6 is 11.3 Å². The lowest BCUT2D eigenvalue weighted by molar-refractivity contribution is -0.0181. The van der Waals surface area contributed by atoms with Crippen molar-refractivity contribution in [1.29, 1.82) is 0 Å². The third kappa shape index (κ3) is 6.10. The summed E-state index contributed by atoms with van der Waals surface area (Å²) >= 11 is 1.37. The monoisotopic (exact) mass is 542 g/mol. The van der Waals surface area contributed by atoms with Crippen LogP contribution in [0.15, 0.2) is 60.8 Å². The van der Waals surface area contributed by atoms with E-state index in [1.54, 1.807) is 6.20 Å². The largest absolute Gasteiger partial charge is 0.369 e. The normalized spacial score (nSPS) is 13.8. The lowest BCUT2D eigenvalue weighted by atomic mass is 10.1. The standard InChI is InChI=1S/C30H34N6O2S/c1-3-16-31-27-24(30(38)36(4-2)35-18-6-5-7-19-35)14-15-25(34-27)21-10-12-23(13-11-21)33-28(37)26-20-22-9-8-17-32-29(22)39-26/h8-15,17,20H,3-7,16,18-19H2,1-2H3,(H,31,34)(H,33,37). The second kappa shape index (κ2) is 12.4. The topological polar surface area (TPSA) is 90.5 Å². The summed E-state index contributed by atoms with van der Waals surface area (Å²) < 4.78 is 0. The third-order valence-electron chi connectivity index (χ3n) is 6.83. The van der Waals surface area contributed by atoms with Gasteiger partial charge in [0.2, 0.25) is 0 Å². The zero-order valence-electron chi connectivity index (χ0n) is 22.4. The molecule has 8 nitrogen and oxygen atoms in total. The maximum atomic E-state index is 13.6. The maximum absolute atomic E-state index is 13.6. The van der Waals surface area contributed by atoms with Gasteiger partial charge in [0.05, 0.1) is 16.1 Å². The molecule has 39 heavy (non-hydrogen) atoms. The smallest absolute Gasteiger partial charge is 0.271 e. The van der Waals surface area contributed by atoms with Crippen LogP contribution in [0.3, 0.4) is 0 Å². The average molecular weight is 543 g/mol. The minimum Gasteiger partial charge on any atom is -0.369 e. The number of benzene rings is 1. The first-order chi connectivity index (χ1) is 19.1. The molecule has 1 fully saturated rings. The molecule has 4 aromatic rings. The summed E-state index contributed by atoms with van der Waals surface area (Å²) in [7, 11) is 0. The van der Waals surface area contributed by atoms with Crippen molar-refractivity contribution in [3.8, 4) is 11.3 Å². The number of hydrazine groups is 1. The van der Waals surface area contributed by atoms with Gasteiger partial charge < -0.3 is 10.6 Å². The molecule has 0 unspecified atom stereocenters. The summed E-state index contributed by atoms with van der Waals surface area (Å²) in [5, 5.41) is 11.3. The highest BCUT2D eigenvalue weighted by molar-refractivity contribution is 7.20. The summed E-state index contributed by atoms with van der Waals surface area (Å²) in [6.07, 6.45) is 6.09. The summed E-state index contributed by atoms with van der Waals surface area (Å²) in [6, 6.07) is 17.0. The van der Waals surface area contributed by atoms with Gasteiger partial charge in [-0.2, -0.15) is 0 Å². The summed E-state index contributed by atoms with van der Waals surface area (Å²) in [6.45, 7) is 7.28. The number of carbonyl (C=O) groups excluding carboxylic acids is 2. The first-order valence-electron chi connectivity index (χ1n) is 13.7. The first kappa shape index (κ1) is 26.8. The Morgan fingerprint density at radius 3 is 2.54 bits per heavy atom. The number of nitrogens with one attached hydrogen (secondary N) is 2. The summed E-state index contributed by atoms with van der Waals surface area (Å²) in [4.78, 5) is 37.0. The van der Waals surface area contributed by atoms with E-state index in [2.05, 4.69) is 27.6 Å². The van der Waals surface area contributed by atoms with E-state index in [1.807, 2.05) is 66.5 Å². The number of thiophene rings is 1. The maximum Gasteiger partial charge on any atom is 0.271 e. The highest BCUT2D eigenvalue weighted by Gasteiger charge is 2.25. The zero-order valence-corrected chi connectivity index (χ0v) is 23.3. The molecule has 0 spiro atoms. The number of pyridine rings is 2. The zero-order chi connectivity index (χ0) is 27.2. The Kier molecular flexibility index (Phi) is 8.48. The van der Waals surface area contributed by atoms with Crippen molar-refractivity contribution in [1.82, 2.24) is 20.0 Å². The van der Waals surface area contributed by atoms with Crippen molar-refractivity contribution in [2.75, 3.05) is 36.8 Å². The predicted molar refractivity (Wildman–Crippen MR) is 158 cm³/mol. The van der Waals surface area contributed by atoms with Gasteiger partial charge in [-0.15, -0.1) is 11.3 Å². The molecule has 2 N–H and O–H groups in total. The molecule has 1 aliphatic rings. The van der Waals surface area contributed by atoms with Crippen LogP contribution in [0, 0.1) is 0 Å². The molecule has 9 heteroatoms. The molecule has 0 bridgehead atoms. The molecule has 202 valence electrons. The molecule has 4 heterocycles. The molecule has 1 aliphatic heterocycles. The van der Waals surface area contributed by atoms with Gasteiger partial charge in [0, 0.05) is 49.0 Å². The van der Waals surface area contributed by atoms with Gasteiger partial charge in [0.25, 0.3) is 11.8 Å². The fraction of sp³-hybridized carbons (Fsp3) is 0.333. The molecule has 5 rings (SSSR count). The van der Waals surface area contributed by atoms with E-state index in [0.29, 0.717) is 28.5 Å². The Hall–Kier alpha value is -3.82. The fourth-order valence-electron chi connectivity index (χ4n) is 4.80. The Morgan fingerprint density at radius 2 is 1.82 bits per heavy atom. The van der Waals surface area contributed by atoms with Crippen LogP contribution in [0.4, 0.5) is 11.5 Å². The van der Waals surface area contributed by atoms with E-state index in [1.165, 1.54) is 17.8 Å². The van der Waals surface area contributed by atoms with Gasteiger partial charge in [0.15, 0.2) is 0 Å². The van der Waals surface area contributed by atoms with E-state index < -0.39 is 0 Å². The number of fused-ring (bicyclic) bond motifs is 1. The van der Waals surface area contributed by atoms with Crippen molar-refractivity contribution >= 4 is 44.9 Å². The van der Waals surface area contributed by atoms with E-state index in [4.69, 9.17) is 4.98 Å². The van der Waals surface area contributed by atoms with Crippen LogP contribution in [0.25, 0.3) is 21.5 Å². The van der Waals surface area contributed by atoms with E-state index in [0.717, 1.165) is 60.4 Å². The van der Waals surface area contributed by atoms with Gasteiger partial charge in [-0.25, -0.2) is 15.0 Å². The Bertz CT molecular complexity index is 1410. The van der Waals surface area contributed by atoms with Gasteiger partial charge in [-0.3, -0.25) is 14.6 Å². The van der Waals surface area contributed by atoms with Gasteiger partial charge >= 0.3 is 0 Å². The molecular formula is C30H34N6O2S. The van der Waals surface area contributed by atoms with Crippen molar-refractivity contribution < 1.29 is 9.59 Å². The van der Waals surface area contributed by atoms with Crippen molar-refractivity contribution in [3.05, 3.63) is 71.2 Å². The average Bonchev–Trinajstić information content (AvgIpc) is 3.42. The number of hydrogen-bond donors (Lipinski definition) is 2. The summed E-state index contributed by atoms with van der Waals surface area (Å²) in [5.74, 6) is 0.420. The van der Waals surface area contributed by atoms with Crippen molar-refractivity contribution in [2.24, 2.45) is 0 Å². The molecule has 0 saturated carbocycles. The molecule has 0 radical (unpaired) electrons. The highest BCUT2D eigenvalue weighted by atomic mass is 32.1.